The van der Waals surface area contributed by atoms with Crippen molar-refractivity contribution in [3.8, 4) is 5.75 Å². The lowest BCUT2D eigenvalue weighted by atomic mass is 10.0. The van der Waals surface area contributed by atoms with Gasteiger partial charge in [0.15, 0.2) is 0 Å². The van der Waals surface area contributed by atoms with Crippen LogP contribution in [0, 0.1) is 12.8 Å². The average Bonchev–Trinajstić information content (AvgIpc) is 2.59. The van der Waals surface area contributed by atoms with Gasteiger partial charge in [-0.1, -0.05) is 49.7 Å². The number of nitrogens with two attached hydrogens (primary N) is 1. The smallest absolute Gasteiger partial charge is 0.149 e. The first-order valence-corrected chi connectivity index (χ1v) is 8.94. The summed E-state index contributed by atoms with van der Waals surface area (Å²) in [4.78, 5) is 10.6. The number of hydrogen-bond donors (Lipinski definition) is 1. The van der Waals surface area contributed by atoms with E-state index in [1.165, 1.54) is 15.6 Å². The Bertz CT molecular complexity index is 430. The van der Waals surface area contributed by atoms with Crippen molar-refractivity contribution >= 4 is 21.7 Å². The fourth-order valence-electron chi connectivity index (χ4n) is 2.01. The van der Waals surface area contributed by atoms with Gasteiger partial charge < -0.3 is 10.5 Å². The zero-order valence-corrected chi connectivity index (χ0v) is 16.1. The number of rotatable bonds is 3. The van der Waals surface area contributed by atoms with E-state index in [0.29, 0.717) is 0 Å². The Morgan fingerprint density at radius 1 is 1.41 bits per heavy atom. The van der Waals surface area contributed by atoms with E-state index in [1.807, 2.05) is 27.7 Å². The molecule has 0 radical (unpaired) electrons. The van der Waals surface area contributed by atoms with Gasteiger partial charge in [-0.15, -0.1) is 0 Å². The first kappa shape index (κ1) is 21.1. The van der Waals surface area contributed by atoms with Gasteiger partial charge in [-0.05, 0) is 37.8 Å². The second-order valence-electron chi connectivity index (χ2n) is 5.10. The summed E-state index contributed by atoms with van der Waals surface area (Å²) < 4.78 is 6.79. The highest BCUT2D eigenvalue weighted by Crippen LogP contribution is 2.33. The molecule has 0 aromatic heterocycles. The quantitative estimate of drug-likeness (QED) is 0.839. The van der Waals surface area contributed by atoms with E-state index in [-0.39, 0.29) is 18.2 Å². The topological polar surface area (TPSA) is 52.3 Å². The highest BCUT2D eigenvalue weighted by atomic mass is 79.9. The van der Waals surface area contributed by atoms with E-state index in [4.69, 9.17) is 10.5 Å². The predicted molar refractivity (Wildman–Crippen MR) is 97.6 cm³/mol. The molecule has 22 heavy (non-hydrogen) atoms. The van der Waals surface area contributed by atoms with Crippen LogP contribution in [0.5, 0.6) is 5.75 Å². The van der Waals surface area contributed by atoms with Crippen LogP contribution in [-0.4, -0.2) is 18.9 Å². The maximum atomic E-state index is 10.6. The van der Waals surface area contributed by atoms with Crippen molar-refractivity contribution in [2.75, 3.05) is 13.2 Å². The molecule has 0 amide bonds. The Morgan fingerprint density at radius 3 is 2.50 bits per heavy atom. The molecule has 126 valence electrons. The average molecular weight is 372 g/mol. The molecule has 0 aliphatic carbocycles. The van der Waals surface area contributed by atoms with Crippen LogP contribution in [0.3, 0.4) is 0 Å². The van der Waals surface area contributed by atoms with Gasteiger partial charge in [-0.25, -0.2) is 0 Å². The molecule has 1 aromatic carbocycles. The van der Waals surface area contributed by atoms with Crippen LogP contribution in [0.15, 0.2) is 16.6 Å². The van der Waals surface area contributed by atoms with E-state index in [0.717, 1.165) is 31.6 Å². The molecule has 1 atom stereocenters. The Balaban J connectivity index is 0.000000388. The number of fused-ring (bicyclic) bond motifs is 1. The second kappa shape index (κ2) is 11.7. The van der Waals surface area contributed by atoms with Gasteiger partial charge in [0.1, 0.15) is 11.5 Å². The molecular weight excluding hydrogens is 342 g/mol. The standard InChI is InChI=1S/C10H11BrO.C6H13NO.C2H6/c1-7-4-5-9(11)8-3-2-6-12-10(7)8;1-3-5(2)6(8)4-7;1-2/h4-5H,2-3,6H2,1H3;5H,3-4,7H2,1-2H3;1-2H3. The SMILES string of the molecule is CC.CCC(C)C(=O)CN.Cc1ccc(Br)c2c1OCCC2. The lowest BCUT2D eigenvalue weighted by Crippen LogP contribution is -2.20. The van der Waals surface area contributed by atoms with Crippen molar-refractivity contribution < 1.29 is 9.53 Å². The summed E-state index contributed by atoms with van der Waals surface area (Å²) in [6.07, 6.45) is 3.17. The molecule has 1 aliphatic heterocycles. The third-order valence-electron chi connectivity index (χ3n) is 3.58. The number of hydrogen-bond acceptors (Lipinski definition) is 3. The van der Waals surface area contributed by atoms with E-state index in [2.05, 4.69) is 35.0 Å². The minimum absolute atomic E-state index is 0.153. The van der Waals surface area contributed by atoms with E-state index < -0.39 is 0 Å². The Kier molecular flexibility index (Phi) is 11.2. The van der Waals surface area contributed by atoms with Gasteiger partial charge in [0.25, 0.3) is 0 Å². The van der Waals surface area contributed by atoms with Gasteiger partial charge in [0.05, 0.1) is 13.2 Å². The first-order chi connectivity index (χ1) is 10.5. The maximum Gasteiger partial charge on any atom is 0.149 e. The Hall–Kier alpha value is -0.870. The molecule has 4 heteroatoms. The number of halogens is 1. The Morgan fingerprint density at radius 2 is 2.05 bits per heavy atom. The number of ether oxygens (including phenoxy) is 1. The van der Waals surface area contributed by atoms with Crippen LogP contribution in [-0.2, 0) is 11.2 Å². The van der Waals surface area contributed by atoms with Gasteiger partial charge in [0.2, 0.25) is 0 Å². The zero-order valence-electron chi connectivity index (χ0n) is 14.5. The molecule has 1 heterocycles. The first-order valence-electron chi connectivity index (χ1n) is 8.14. The van der Waals surface area contributed by atoms with Crippen molar-refractivity contribution in [2.24, 2.45) is 11.7 Å². The van der Waals surface area contributed by atoms with Crippen LogP contribution in [0.25, 0.3) is 0 Å². The molecular formula is C18H30BrNO2. The molecule has 1 aromatic rings. The number of aryl methyl sites for hydroxylation is 1. The summed E-state index contributed by atoms with van der Waals surface area (Å²) in [6, 6.07) is 4.19. The van der Waals surface area contributed by atoms with Crippen LogP contribution in [0.4, 0.5) is 0 Å². The molecule has 3 nitrogen and oxygen atoms in total. The monoisotopic (exact) mass is 371 g/mol. The molecule has 1 aliphatic rings. The van der Waals surface area contributed by atoms with Crippen molar-refractivity contribution in [2.45, 2.75) is 53.9 Å². The van der Waals surface area contributed by atoms with Gasteiger partial charge in [-0.3, -0.25) is 4.79 Å². The van der Waals surface area contributed by atoms with Crippen molar-refractivity contribution in [1.82, 2.24) is 0 Å². The molecule has 0 bridgehead atoms. The zero-order chi connectivity index (χ0) is 17.1. The number of ketones is 1. The highest BCUT2D eigenvalue weighted by molar-refractivity contribution is 9.10. The maximum absolute atomic E-state index is 10.6. The normalized spacial score (nSPS) is 13.4. The van der Waals surface area contributed by atoms with Crippen LogP contribution in [0.1, 0.15) is 51.7 Å². The van der Waals surface area contributed by atoms with E-state index >= 15 is 0 Å². The molecule has 0 spiro atoms. The minimum Gasteiger partial charge on any atom is -0.493 e. The second-order valence-corrected chi connectivity index (χ2v) is 5.96. The third kappa shape index (κ3) is 6.49. The largest absolute Gasteiger partial charge is 0.493 e. The molecule has 0 saturated heterocycles. The van der Waals surface area contributed by atoms with Gasteiger partial charge >= 0.3 is 0 Å². The molecule has 0 fully saturated rings. The van der Waals surface area contributed by atoms with Crippen LogP contribution >= 0.6 is 15.9 Å². The van der Waals surface area contributed by atoms with Crippen LogP contribution in [0.2, 0.25) is 0 Å². The molecule has 0 saturated carbocycles. The number of carbonyl (C=O) groups is 1. The fourth-order valence-corrected chi connectivity index (χ4v) is 2.52. The fraction of sp³-hybridized carbons (Fsp3) is 0.611. The summed E-state index contributed by atoms with van der Waals surface area (Å²) in [7, 11) is 0. The highest BCUT2D eigenvalue weighted by Gasteiger charge is 2.14. The summed E-state index contributed by atoms with van der Waals surface area (Å²) >= 11 is 3.54. The number of carbonyl (C=O) groups excluding carboxylic acids is 1. The van der Waals surface area contributed by atoms with Crippen molar-refractivity contribution in [1.29, 1.82) is 0 Å². The lowest BCUT2D eigenvalue weighted by Gasteiger charge is -2.20. The summed E-state index contributed by atoms with van der Waals surface area (Å²) in [5, 5.41) is 0. The number of benzene rings is 1. The molecule has 2 N–H and O–H groups in total. The predicted octanol–water partition coefficient (Wildman–Crippen LogP) is 4.67. The van der Waals surface area contributed by atoms with E-state index in [1.54, 1.807) is 0 Å². The third-order valence-corrected chi connectivity index (χ3v) is 4.32. The van der Waals surface area contributed by atoms with E-state index in [9.17, 15) is 4.79 Å². The van der Waals surface area contributed by atoms with Gasteiger partial charge in [-0.2, -0.15) is 0 Å². The lowest BCUT2D eigenvalue weighted by molar-refractivity contribution is -0.121. The van der Waals surface area contributed by atoms with Gasteiger partial charge in [0, 0.05) is 16.0 Å². The van der Waals surface area contributed by atoms with Crippen molar-refractivity contribution in [3.05, 3.63) is 27.7 Å². The molecule has 2 rings (SSSR count). The molecule has 1 unspecified atom stereocenters. The van der Waals surface area contributed by atoms with Crippen LogP contribution < -0.4 is 10.5 Å². The summed E-state index contributed by atoms with van der Waals surface area (Å²) in [6.45, 7) is 11.0. The summed E-state index contributed by atoms with van der Waals surface area (Å²) in [5.74, 6) is 1.41. The van der Waals surface area contributed by atoms with Crippen molar-refractivity contribution in [3.63, 3.8) is 0 Å². The Labute approximate surface area is 143 Å². The minimum atomic E-state index is 0.153. The number of Topliss-reactive ketones (excluding diaryl/α,β-unsaturated/α-hetero) is 1. The summed E-state index contributed by atoms with van der Waals surface area (Å²) in [5.41, 5.74) is 7.68.